The van der Waals surface area contributed by atoms with Crippen LogP contribution < -0.4 is 10.6 Å². The quantitative estimate of drug-likeness (QED) is 0.890. The van der Waals surface area contributed by atoms with E-state index in [1.54, 1.807) is 7.05 Å². The third kappa shape index (κ3) is 3.61. The SMILES string of the molecule is CNC(C)C(=O)N[C@@H](C)c1ccc(Br)cc1. The number of halogens is 1. The molecule has 0 fully saturated rings. The Hall–Kier alpha value is -0.870. The molecule has 88 valence electrons. The van der Waals surface area contributed by atoms with Gasteiger partial charge in [0.05, 0.1) is 12.1 Å². The summed E-state index contributed by atoms with van der Waals surface area (Å²) in [5.41, 5.74) is 1.10. The minimum absolute atomic E-state index is 0.0120. The molecule has 0 aliphatic heterocycles. The third-order valence-corrected chi connectivity index (χ3v) is 3.08. The molecule has 0 saturated carbocycles. The van der Waals surface area contributed by atoms with Crippen LogP contribution in [-0.2, 0) is 4.79 Å². The zero-order valence-corrected chi connectivity index (χ0v) is 11.3. The second-order valence-corrected chi connectivity index (χ2v) is 4.71. The van der Waals surface area contributed by atoms with Gasteiger partial charge in [-0.1, -0.05) is 28.1 Å². The van der Waals surface area contributed by atoms with Crippen molar-refractivity contribution in [2.75, 3.05) is 7.05 Å². The zero-order chi connectivity index (χ0) is 12.1. The van der Waals surface area contributed by atoms with Gasteiger partial charge in [-0.2, -0.15) is 0 Å². The number of benzene rings is 1. The summed E-state index contributed by atoms with van der Waals surface area (Å²) in [6, 6.07) is 7.80. The topological polar surface area (TPSA) is 41.1 Å². The second kappa shape index (κ2) is 6.01. The second-order valence-electron chi connectivity index (χ2n) is 3.79. The highest BCUT2D eigenvalue weighted by atomic mass is 79.9. The van der Waals surface area contributed by atoms with Crippen molar-refractivity contribution in [1.82, 2.24) is 10.6 Å². The minimum atomic E-state index is -0.169. The molecule has 1 aromatic rings. The average molecular weight is 285 g/mol. The fraction of sp³-hybridized carbons (Fsp3) is 0.417. The Kier molecular flexibility index (Phi) is 4.96. The lowest BCUT2D eigenvalue weighted by atomic mass is 10.1. The molecule has 0 heterocycles. The van der Waals surface area contributed by atoms with E-state index in [0.29, 0.717) is 0 Å². The predicted molar refractivity (Wildman–Crippen MR) is 69.2 cm³/mol. The van der Waals surface area contributed by atoms with Gasteiger partial charge >= 0.3 is 0 Å². The Morgan fingerprint density at radius 2 is 1.81 bits per heavy atom. The van der Waals surface area contributed by atoms with E-state index in [2.05, 4.69) is 26.6 Å². The van der Waals surface area contributed by atoms with Crippen molar-refractivity contribution < 1.29 is 4.79 Å². The molecule has 0 radical (unpaired) electrons. The first-order valence-corrected chi connectivity index (χ1v) is 6.07. The van der Waals surface area contributed by atoms with Gasteiger partial charge in [0.15, 0.2) is 0 Å². The molecule has 0 aromatic heterocycles. The Morgan fingerprint density at radius 1 is 1.25 bits per heavy atom. The van der Waals surface area contributed by atoms with Gasteiger partial charge < -0.3 is 10.6 Å². The van der Waals surface area contributed by atoms with Crippen molar-refractivity contribution in [2.45, 2.75) is 25.9 Å². The zero-order valence-electron chi connectivity index (χ0n) is 9.75. The molecule has 1 amide bonds. The van der Waals surface area contributed by atoms with Gasteiger partial charge in [0.25, 0.3) is 0 Å². The van der Waals surface area contributed by atoms with Crippen LogP contribution in [0.5, 0.6) is 0 Å². The number of likely N-dealkylation sites (N-methyl/N-ethyl adjacent to an activating group) is 1. The van der Waals surface area contributed by atoms with E-state index < -0.39 is 0 Å². The molecule has 2 N–H and O–H groups in total. The van der Waals surface area contributed by atoms with Crippen LogP contribution in [0.25, 0.3) is 0 Å². The summed E-state index contributed by atoms with van der Waals surface area (Å²) in [6.45, 7) is 3.81. The van der Waals surface area contributed by atoms with Crippen molar-refractivity contribution >= 4 is 21.8 Å². The van der Waals surface area contributed by atoms with Gasteiger partial charge in [0, 0.05) is 4.47 Å². The largest absolute Gasteiger partial charge is 0.348 e. The maximum atomic E-state index is 11.6. The molecule has 0 saturated heterocycles. The Balaban J connectivity index is 2.62. The van der Waals surface area contributed by atoms with Crippen LogP contribution >= 0.6 is 15.9 Å². The lowest BCUT2D eigenvalue weighted by molar-refractivity contribution is -0.123. The van der Waals surface area contributed by atoms with E-state index in [0.717, 1.165) is 10.0 Å². The molecule has 1 aromatic carbocycles. The summed E-state index contributed by atoms with van der Waals surface area (Å²) >= 11 is 3.38. The van der Waals surface area contributed by atoms with Gasteiger partial charge in [-0.3, -0.25) is 4.79 Å². The van der Waals surface area contributed by atoms with Crippen LogP contribution in [0.4, 0.5) is 0 Å². The number of carbonyl (C=O) groups is 1. The average Bonchev–Trinajstić information content (AvgIpc) is 2.28. The Morgan fingerprint density at radius 3 is 2.31 bits per heavy atom. The van der Waals surface area contributed by atoms with Gasteiger partial charge in [-0.05, 0) is 38.6 Å². The van der Waals surface area contributed by atoms with E-state index in [-0.39, 0.29) is 18.0 Å². The third-order valence-electron chi connectivity index (χ3n) is 2.56. The minimum Gasteiger partial charge on any atom is -0.348 e. The van der Waals surface area contributed by atoms with Crippen molar-refractivity contribution in [3.8, 4) is 0 Å². The maximum absolute atomic E-state index is 11.6. The number of rotatable bonds is 4. The van der Waals surface area contributed by atoms with Crippen LogP contribution in [0.1, 0.15) is 25.5 Å². The first-order valence-electron chi connectivity index (χ1n) is 5.27. The molecule has 0 spiro atoms. The lowest BCUT2D eigenvalue weighted by Crippen LogP contribution is -2.41. The van der Waals surface area contributed by atoms with Crippen molar-refractivity contribution in [2.24, 2.45) is 0 Å². The first-order chi connectivity index (χ1) is 7.54. The smallest absolute Gasteiger partial charge is 0.237 e. The fourth-order valence-electron chi connectivity index (χ4n) is 1.30. The van der Waals surface area contributed by atoms with E-state index in [1.165, 1.54) is 0 Å². The molecule has 2 atom stereocenters. The van der Waals surface area contributed by atoms with Gasteiger partial charge in [-0.15, -0.1) is 0 Å². The summed E-state index contributed by atoms with van der Waals surface area (Å²) < 4.78 is 1.04. The Bertz CT molecular complexity index is 351. The monoisotopic (exact) mass is 284 g/mol. The summed E-state index contributed by atoms with van der Waals surface area (Å²) in [4.78, 5) is 11.6. The number of hydrogen-bond donors (Lipinski definition) is 2. The molecule has 1 unspecified atom stereocenters. The Labute approximate surface area is 105 Å². The van der Waals surface area contributed by atoms with Crippen molar-refractivity contribution in [1.29, 1.82) is 0 Å². The number of amides is 1. The molecule has 0 bridgehead atoms. The number of nitrogens with one attached hydrogen (secondary N) is 2. The number of hydrogen-bond acceptors (Lipinski definition) is 2. The summed E-state index contributed by atoms with van der Waals surface area (Å²) in [7, 11) is 1.77. The van der Waals surface area contributed by atoms with E-state index in [4.69, 9.17) is 0 Å². The maximum Gasteiger partial charge on any atom is 0.237 e. The summed E-state index contributed by atoms with van der Waals surface area (Å²) in [5.74, 6) is 0.0120. The fourth-order valence-corrected chi connectivity index (χ4v) is 1.57. The van der Waals surface area contributed by atoms with Crippen LogP contribution in [-0.4, -0.2) is 19.0 Å². The normalized spacial score (nSPS) is 14.2. The van der Waals surface area contributed by atoms with Gasteiger partial charge in [-0.25, -0.2) is 0 Å². The van der Waals surface area contributed by atoms with Crippen LogP contribution in [0.2, 0.25) is 0 Å². The highest BCUT2D eigenvalue weighted by Crippen LogP contribution is 2.16. The number of carbonyl (C=O) groups excluding carboxylic acids is 1. The molecule has 4 heteroatoms. The molecule has 1 rings (SSSR count). The molecule has 3 nitrogen and oxygen atoms in total. The molecule has 16 heavy (non-hydrogen) atoms. The van der Waals surface area contributed by atoms with E-state index in [1.807, 2.05) is 38.1 Å². The molecular formula is C12H17BrN2O. The van der Waals surface area contributed by atoms with E-state index >= 15 is 0 Å². The van der Waals surface area contributed by atoms with Crippen molar-refractivity contribution in [3.05, 3.63) is 34.3 Å². The first kappa shape index (κ1) is 13.2. The van der Waals surface area contributed by atoms with E-state index in [9.17, 15) is 4.79 Å². The highest BCUT2D eigenvalue weighted by Gasteiger charge is 2.13. The predicted octanol–water partition coefficient (Wildman–Crippen LogP) is 2.23. The lowest BCUT2D eigenvalue weighted by Gasteiger charge is -2.17. The highest BCUT2D eigenvalue weighted by molar-refractivity contribution is 9.10. The standard InChI is InChI=1S/C12H17BrN2O/c1-8(15-12(16)9(2)14-3)10-4-6-11(13)7-5-10/h4-9,14H,1-3H3,(H,15,16)/t8-,9?/m0/s1. The summed E-state index contributed by atoms with van der Waals surface area (Å²) in [5, 5.41) is 5.86. The summed E-state index contributed by atoms with van der Waals surface area (Å²) in [6.07, 6.45) is 0. The molecule has 0 aliphatic carbocycles. The molecule has 0 aliphatic rings. The van der Waals surface area contributed by atoms with Crippen LogP contribution in [0.15, 0.2) is 28.7 Å². The van der Waals surface area contributed by atoms with Crippen LogP contribution in [0.3, 0.4) is 0 Å². The van der Waals surface area contributed by atoms with Crippen molar-refractivity contribution in [3.63, 3.8) is 0 Å². The van der Waals surface area contributed by atoms with Gasteiger partial charge in [0.2, 0.25) is 5.91 Å². The van der Waals surface area contributed by atoms with Gasteiger partial charge in [0.1, 0.15) is 0 Å². The van der Waals surface area contributed by atoms with Crippen LogP contribution in [0, 0.1) is 0 Å². The molecular weight excluding hydrogens is 268 g/mol.